The maximum absolute atomic E-state index is 6.16. The number of aryl methyl sites for hydroxylation is 1. The molecule has 1 saturated carbocycles. The topological polar surface area (TPSA) is 84.3 Å². The van der Waals surface area contributed by atoms with E-state index in [-0.39, 0.29) is 0 Å². The first kappa shape index (κ1) is 19.8. The van der Waals surface area contributed by atoms with Gasteiger partial charge in [0.2, 0.25) is 5.88 Å². The van der Waals surface area contributed by atoms with Gasteiger partial charge >= 0.3 is 0 Å². The minimum absolute atomic E-state index is 0.485. The second-order valence-electron chi connectivity index (χ2n) is 8.53. The van der Waals surface area contributed by atoms with E-state index in [1.54, 1.807) is 26.0 Å². The van der Waals surface area contributed by atoms with Gasteiger partial charge < -0.3 is 18.6 Å². The number of pyridine rings is 2. The van der Waals surface area contributed by atoms with Crippen molar-refractivity contribution in [2.24, 2.45) is 5.92 Å². The molecule has 33 heavy (non-hydrogen) atoms. The lowest BCUT2D eigenvalue weighted by Crippen LogP contribution is -2.09. The second-order valence-corrected chi connectivity index (χ2v) is 8.53. The number of rotatable bonds is 8. The lowest BCUT2D eigenvalue weighted by atomic mass is 10.1. The Labute approximate surface area is 190 Å². The van der Waals surface area contributed by atoms with Gasteiger partial charge in [-0.1, -0.05) is 0 Å². The van der Waals surface area contributed by atoms with Crippen LogP contribution in [0.4, 0.5) is 0 Å². The van der Waals surface area contributed by atoms with Gasteiger partial charge in [-0.15, -0.1) is 10.2 Å². The molecule has 0 aliphatic heterocycles. The highest BCUT2D eigenvalue weighted by atomic mass is 16.5. The van der Waals surface area contributed by atoms with Crippen LogP contribution in [0.5, 0.6) is 11.6 Å². The maximum Gasteiger partial charge on any atom is 0.238 e. The quantitative estimate of drug-likeness (QED) is 0.363. The van der Waals surface area contributed by atoms with Crippen molar-refractivity contribution < 1.29 is 9.47 Å². The van der Waals surface area contributed by atoms with E-state index in [4.69, 9.17) is 14.6 Å². The van der Waals surface area contributed by atoms with Gasteiger partial charge in [0.25, 0.3) is 0 Å². The van der Waals surface area contributed by atoms with E-state index in [2.05, 4.69) is 32.7 Å². The Morgan fingerprint density at radius 3 is 2.76 bits per heavy atom. The number of hydrogen-bond acceptors (Lipinski definition) is 6. The van der Waals surface area contributed by atoms with Gasteiger partial charge in [-0.3, -0.25) is 0 Å². The molecule has 9 heteroatoms. The summed E-state index contributed by atoms with van der Waals surface area (Å²) in [6.07, 6.45) is 9.64. The normalized spacial score (nSPS) is 13.8. The van der Waals surface area contributed by atoms with E-state index in [1.165, 1.54) is 12.8 Å². The molecule has 9 nitrogen and oxygen atoms in total. The number of methoxy groups -OCH3 is 1. The van der Waals surface area contributed by atoms with Crippen LogP contribution in [0.1, 0.15) is 18.4 Å². The Morgan fingerprint density at radius 2 is 1.97 bits per heavy atom. The predicted molar refractivity (Wildman–Crippen MR) is 123 cm³/mol. The number of aromatic nitrogens is 7. The summed E-state index contributed by atoms with van der Waals surface area (Å²) >= 11 is 0. The zero-order valence-corrected chi connectivity index (χ0v) is 18.7. The highest BCUT2D eigenvalue weighted by Gasteiger charge is 2.27. The highest BCUT2D eigenvalue weighted by Crippen LogP contribution is 2.39. The summed E-state index contributed by atoms with van der Waals surface area (Å²) in [6.45, 7) is 4.18. The van der Waals surface area contributed by atoms with Crippen LogP contribution in [0, 0.1) is 12.8 Å². The lowest BCUT2D eigenvalue weighted by Gasteiger charge is -2.12. The SMILES string of the molecule is COc1cccn2nc(-c3cc4ccnc(OCCn5cnnc5)c4n3CC3CC3)c(C)c12. The lowest BCUT2D eigenvalue weighted by molar-refractivity contribution is 0.289. The highest BCUT2D eigenvalue weighted by molar-refractivity contribution is 5.91. The second kappa shape index (κ2) is 7.91. The van der Waals surface area contributed by atoms with E-state index in [0.29, 0.717) is 24.9 Å². The number of nitrogens with zero attached hydrogens (tertiary/aromatic N) is 7. The molecule has 5 aromatic rings. The van der Waals surface area contributed by atoms with Crippen molar-refractivity contribution in [3.05, 3.63) is 54.9 Å². The Bertz CT molecular complexity index is 1430. The van der Waals surface area contributed by atoms with Crippen LogP contribution in [0.2, 0.25) is 0 Å². The first-order valence-electron chi connectivity index (χ1n) is 11.2. The number of ether oxygens (including phenoxy) is 2. The Morgan fingerprint density at radius 1 is 1.12 bits per heavy atom. The van der Waals surface area contributed by atoms with Crippen molar-refractivity contribution in [2.45, 2.75) is 32.9 Å². The monoisotopic (exact) mass is 443 g/mol. The van der Waals surface area contributed by atoms with Crippen molar-refractivity contribution in [1.82, 2.24) is 33.9 Å². The first-order valence-corrected chi connectivity index (χ1v) is 11.2. The predicted octanol–water partition coefficient (Wildman–Crippen LogP) is 3.75. The van der Waals surface area contributed by atoms with Crippen molar-refractivity contribution >= 4 is 16.4 Å². The van der Waals surface area contributed by atoms with Gasteiger partial charge in [-0.2, -0.15) is 5.10 Å². The Balaban J connectivity index is 1.46. The molecule has 168 valence electrons. The van der Waals surface area contributed by atoms with Gasteiger partial charge in [0.15, 0.2) is 0 Å². The molecule has 1 aliphatic carbocycles. The fourth-order valence-electron chi connectivity index (χ4n) is 4.44. The van der Waals surface area contributed by atoms with Crippen molar-refractivity contribution in [2.75, 3.05) is 13.7 Å². The third-order valence-electron chi connectivity index (χ3n) is 6.29. The number of hydrogen-bond donors (Lipinski definition) is 0. The summed E-state index contributed by atoms with van der Waals surface area (Å²) in [6, 6.07) is 8.17. The number of fused-ring (bicyclic) bond motifs is 2. The summed E-state index contributed by atoms with van der Waals surface area (Å²) in [5, 5.41) is 13.7. The fraction of sp³-hybridized carbons (Fsp3) is 0.333. The molecule has 0 aromatic carbocycles. The van der Waals surface area contributed by atoms with Crippen LogP contribution in [0.15, 0.2) is 49.3 Å². The zero-order valence-electron chi connectivity index (χ0n) is 18.7. The van der Waals surface area contributed by atoms with Crippen molar-refractivity contribution in [3.8, 4) is 23.0 Å². The average molecular weight is 444 g/mol. The molecule has 0 atom stereocenters. The molecule has 6 rings (SSSR count). The van der Waals surface area contributed by atoms with Gasteiger partial charge in [0, 0.05) is 29.9 Å². The molecule has 0 N–H and O–H groups in total. The van der Waals surface area contributed by atoms with Crippen LogP contribution in [-0.4, -0.2) is 47.6 Å². The smallest absolute Gasteiger partial charge is 0.238 e. The van der Waals surface area contributed by atoms with E-state index in [9.17, 15) is 0 Å². The molecule has 1 fully saturated rings. The van der Waals surface area contributed by atoms with E-state index in [1.807, 2.05) is 33.5 Å². The molecule has 0 saturated heterocycles. The summed E-state index contributed by atoms with van der Waals surface area (Å²) < 4.78 is 17.9. The van der Waals surface area contributed by atoms with E-state index >= 15 is 0 Å². The van der Waals surface area contributed by atoms with Gasteiger partial charge in [0.1, 0.15) is 41.7 Å². The fourth-order valence-corrected chi connectivity index (χ4v) is 4.44. The van der Waals surface area contributed by atoms with Crippen LogP contribution < -0.4 is 9.47 Å². The summed E-state index contributed by atoms with van der Waals surface area (Å²) in [4.78, 5) is 4.58. The van der Waals surface area contributed by atoms with Crippen LogP contribution in [-0.2, 0) is 13.1 Å². The first-order chi connectivity index (χ1) is 16.2. The molecule has 1 aliphatic rings. The van der Waals surface area contributed by atoms with Crippen LogP contribution in [0.3, 0.4) is 0 Å². The maximum atomic E-state index is 6.16. The van der Waals surface area contributed by atoms with E-state index in [0.717, 1.165) is 45.7 Å². The average Bonchev–Trinajstić information content (AvgIpc) is 3.20. The standard InChI is InChI=1S/C24H25N7O2/c1-16-21(28-31-9-3-4-20(32-2)22(16)31)19-12-18-7-8-25-24(23(18)30(19)13-17-5-6-17)33-11-10-29-14-26-27-15-29/h3-4,7-9,12,14-15,17H,5-6,10-11,13H2,1-2H3. The molecule has 0 amide bonds. The molecule has 0 spiro atoms. The molecule has 5 heterocycles. The minimum atomic E-state index is 0.485. The van der Waals surface area contributed by atoms with E-state index < -0.39 is 0 Å². The van der Waals surface area contributed by atoms with Crippen molar-refractivity contribution in [1.29, 1.82) is 0 Å². The third kappa shape index (κ3) is 3.49. The summed E-state index contributed by atoms with van der Waals surface area (Å²) in [5.41, 5.74) is 5.13. The van der Waals surface area contributed by atoms with Gasteiger partial charge in [-0.05, 0) is 49.9 Å². The molecular formula is C24H25N7O2. The largest absolute Gasteiger partial charge is 0.494 e. The Kier molecular flexibility index (Phi) is 4.74. The van der Waals surface area contributed by atoms with Crippen molar-refractivity contribution in [3.63, 3.8) is 0 Å². The molecule has 0 bridgehead atoms. The van der Waals surface area contributed by atoms with Crippen LogP contribution >= 0.6 is 0 Å². The van der Waals surface area contributed by atoms with Crippen LogP contribution in [0.25, 0.3) is 27.8 Å². The van der Waals surface area contributed by atoms with Gasteiger partial charge in [-0.25, -0.2) is 9.50 Å². The summed E-state index contributed by atoms with van der Waals surface area (Å²) in [5.74, 6) is 2.14. The zero-order chi connectivity index (χ0) is 22.4. The molecule has 0 radical (unpaired) electrons. The van der Waals surface area contributed by atoms with Gasteiger partial charge in [0.05, 0.1) is 19.3 Å². The molecule has 0 unspecified atom stereocenters. The Hall–Kier alpha value is -3.88. The summed E-state index contributed by atoms with van der Waals surface area (Å²) in [7, 11) is 1.70. The molecular weight excluding hydrogens is 418 g/mol. The molecule has 5 aromatic heterocycles. The minimum Gasteiger partial charge on any atom is -0.494 e. The third-order valence-corrected chi connectivity index (χ3v) is 6.29.